The minimum absolute atomic E-state index is 0.0372. The van der Waals surface area contributed by atoms with E-state index < -0.39 is 5.41 Å². The summed E-state index contributed by atoms with van der Waals surface area (Å²) in [7, 11) is 0. The summed E-state index contributed by atoms with van der Waals surface area (Å²) in [4.78, 5) is 17.4. The number of hydrogen-bond acceptors (Lipinski definition) is 2. The van der Waals surface area contributed by atoms with Crippen LogP contribution in [0.2, 0.25) is 0 Å². The number of rotatable bonds is 1. The maximum atomic E-state index is 15.0. The summed E-state index contributed by atoms with van der Waals surface area (Å²) in [6.45, 7) is -0.268. The number of fused-ring (bicyclic) bond motifs is 16. The minimum Gasteiger partial charge on any atom is -0.311 e. The molecule has 1 spiro atoms. The largest absolute Gasteiger partial charge is 0.357 e. The first-order chi connectivity index (χ1) is 24.3. The molecule has 4 nitrogen and oxygen atoms in total. The lowest BCUT2D eigenvalue weighted by molar-refractivity contribution is 0.753. The molecule has 0 saturated heterocycles. The van der Waals surface area contributed by atoms with Crippen molar-refractivity contribution in [3.63, 3.8) is 0 Å². The molecule has 0 bridgehead atoms. The number of nitrogens with zero attached hydrogens (tertiary/aromatic N) is 3. The van der Waals surface area contributed by atoms with E-state index >= 15 is 0 Å². The maximum absolute atomic E-state index is 15.0. The van der Waals surface area contributed by atoms with Crippen LogP contribution in [0.1, 0.15) is 22.3 Å². The third-order valence-electron chi connectivity index (χ3n) is 11.5. The van der Waals surface area contributed by atoms with Gasteiger partial charge in [0.2, 0.25) is 0 Å². The molecule has 8 aromatic rings. The second-order valence-corrected chi connectivity index (χ2v) is 13.6. The van der Waals surface area contributed by atoms with Crippen molar-refractivity contribution in [1.82, 2.24) is 9.27 Å². The van der Waals surface area contributed by atoms with Crippen LogP contribution in [0.3, 0.4) is 0 Å². The number of para-hydroxylation sites is 2. The van der Waals surface area contributed by atoms with Crippen molar-refractivity contribution >= 4 is 45.7 Å². The molecule has 0 N–H and O–H groups in total. The van der Waals surface area contributed by atoms with Gasteiger partial charge < -0.3 is 4.90 Å². The van der Waals surface area contributed by atoms with Crippen molar-refractivity contribution in [2.45, 2.75) is 5.41 Å². The van der Waals surface area contributed by atoms with Crippen molar-refractivity contribution in [2.75, 3.05) is 4.90 Å². The first-order valence-corrected chi connectivity index (χ1v) is 17.0. The Morgan fingerprint density at radius 2 is 1.08 bits per heavy atom. The van der Waals surface area contributed by atoms with Gasteiger partial charge in [-0.3, -0.25) is 14.1 Å². The minimum atomic E-state index is -0.502. The Labute approximate surface area is 282 Å². The molecular formula is C44H26BN3O. The standard InChI is InChI=1S/C44H26BN3O/c49-43-40-28(27-13-2-1-3-14-27)17-10-24-37(40)47-39-26-12-25-38-41(39)45(48(43)47)35-22-11-21-34-42(35)46(38)36-23-9-8-20-33(36)44(34)31-18-6-4-15-29(31)30-16-5-7-19-32(30)44/h1-26H. The molecule has 1 aliphatic carbocycles. The second-order valence-electron chi connectivity index (χ2n) is 13.6. The van der Waals surface area contributed by atoms with Crippen molar-refractivity contribution < 1.29 is 0 Å². The summed E-state index contributed by atoms with van der Waals surface area (Å²) in [6.07, 6.45) is 0. The molecule has 1 aromatic heterocycles. The molecule has 0 unspecified atom stereocenters. The molecule has 226 valence electrons. The van der Waals surface area contributed by atoms with Gasteiger partial charge >= 0.3 is 6.85 Å². The number of anilines is 3. The average Bonchev–Trinajstić information content (AvgIpc) is 3.77. The molecule has 0 atom stereocenters. The first-order valence-electron chi connectivity index (χ1n) is 17.0. The Balaban J connectivity index is 1.23. The highest BCUT2D eigenvalue weighted by molar-refractivity contribution is 6.88. The summed E-state index contributed by atoms with van der Waals surface area (Å²) in [6, 6.07) is 56.7. The van der Waals surface area contributed by atoms with Gasteiger partial charge in [0.1, 0.15) is 0 Å². The fraction of sp³-hybridized carbons (Fsp3) is 0.0227. The summed E-state index contributed by atoms with van der Waals surface area (Å²) in [5.74, 6) is 0. The fourth-order valence-electron chi connectivity index (χ4n) is 9.86. The van der Waals surface area contributed by atoms with Gasteiger partial charge in [-0.25, -0.2) is 0 Å². The lowest BCUT2D eigenvalue weighted by atomic mass is 9.47. The molecule has 0 radical (unpaired) electrons. The smallest absolute Gasteiger partial charge is 0.311 e. The fourth-order valence-corrected chi connectivity index (χ4v) is 9.86. The molecule has 0 amide bonds. The van der Waals surface area contributed by atoms with E-state index in [2.05, 4.69) is 149 Å². The van der Waals surface area contributed by atoms with Crippen LogP contribution in [-0.4, -0.2) is 16.1 Å². The zero-order valence-corrected chi connectivity index (χ0v) is 26.3. The summed E-state index contributed by atoms with van der Waals surface area (Å²) in [5, 5.41) is 0.762. The van der Waals surface area contributed by atoms with Gasteiger partial charge in [0.25, 0.3) is 5.56 Å². The summed E-state index contributed by atoms with van der Waals surface area (Å²) < 4.78 is 4.22. The Morgan fingerprint density at radius 1 is 0.490 bits per heavy atom. The van der Waals surface area contributed by atoms with Gasteiger partial charge in [0.05, 0.1) is 27.7 Å². The van der Waals surface area contributed by atoms with Crippen LogP contribution in [0.5, 0.6) is 0 Å². The van der Waals surface area contributed by atoms with Crippen molar-refractivity contribution in [3.05, 3.63) is 190 Å². The van der Waals surface area contributed by atoms with E-state index in [4.69, 9.17) is 0 Å². The third-order valence-corrected chi connectivity index (χ3v) is 11.5. The van der Waals surface area contributed by atoms with Crippen LogP contribution < -0.4 is 21.4 Å². The highest BCUT2D eigenvalue weighted by Crippen LogP contribution is 2.63. The summed E-state index contributed by atoms with van der Waals surface area (Å²) >= 11 is 0. The van der Waals surface area contributed by atoms with E-state index in [0.717, 1.165) is 38.9 Å². The zero-order chi connectivity index (χ0) is 32.0. The van der Waals surface area contributed by atoms with Crippen LogP contribution in [0.15, 0.2) is 163 Å². The predicted molar refractivity (Wildman–Crippen MR) is 199 cm³/mol. The van der Waals surface area contributed by atoms with Crippen LogP contribution >= 0.6 is 0 Å². The van der Waals surface area contributed by atoms with Crippen LogP contribution in [-0.2, 0) is 5.41 Å². The first kappa shape index (κ1) is 25.7. The van der Waals surface area contributed by atoms with E-state index in [1.54, 1.807) is 0 Å². The van der Waals surface area contributed by atoms with Gasteiger partial charge in [-0.1, -0.05) is 133 Å². The van der Waals surface area contributed by atoms with Gasteiger partial charge in [-0.05, 0) is 74.2 Å². The number of hydrogen-bond donors (Lipinski definition) is 0. The van der Waals surface area contributed by atoms with Gasteiger partial charge in [0, 0.05) is 16.8 Å². The predicted octanol–water partition coefficient (Wildman–Crippen LogP) is 7.89. The van der Waals surface area contributed by atoms with E-state index in [1.807, 2.05) is 22.8 Å². The highest BCUT2D eigenvalue weighted by atomic mass is 16.1. The van der Waals surface area contributed by atoms with Gasteiger partial charge in [0.15, 0.2) is 0 Å². The van der Waals surface area contributed by atoms with Crippen molar-refractivity contribution in [1.29, 1.82) is 0 Å². The Hall–Kier alpha value is -6.33. The Bertz CT molecular complexity index is 2780. The molecule has 49 heavy (non-hydrogen) atoms. The number of aromatic nitrogens is 2. The van der Waals surface area contributed by atoms with Crippen molar-refractivity contribution in [3.8, 4) is 27.9 Å². The van der Waals surface area contributed by atoms with Gasteiger partial charge in [-0.15, -0.1) is 0 Å². The Kier molecular flexibility index (Phi) is 4.60. The monoisotopic (exact) mass is 623 g/mol. The molecule has 4 heterocycles. The van der Waals surface area contributed by atoms with E-state index in [-0.39, 0.29) is 12.4 Å². The topological polar surface area (TPSA) is 30.2 Å². The molecule has 0 saturated carbocycles. The van der Waals surface area contributed by atoms with Crippen LogP contribution in [0.25, 0.3) is 38.8 Å². The van der Waals surface area contributed by atoms with Gasteiger partial charge in [-0.2, -0.15) is 0 Å². The second kappa shape index (κ2) is 8.77. The molecule has 3 aliphatic heterocycles. The number of benzene rings is 7. The Morgan fingerprint density at radius 3 is 1.88 bits per heavy atom. The lowest BCUT2D eigenvalue weighted by Gasteiger charge is -2.48. The zero-order valence-electron chi connectivity index (χ0n) is 26.3. The SMILES string of the molecule is O=c1c2c(-c3ccccc3)cccc2n2n1B1c3cccc4c3N(c3ccccc3C43c4ccccc4-c4ccccc43)c3cccc-2c31. The van der Waals surface area contributed by atoms with E-state index in [9.17, 15) is 4.79 Å². The lowest BCUT2D eigenvalue weighted by Crippen LogP contribution is -2.57. The average molecular weight is 624 g/mol. The molecule has 5 heteroatoms. The van der Waals surface area contributed by atoms with Crippen LogP contribution in [0, 0.1) is 0 Å². The third kappa shape index (κ3) is 2.81. The molecule has 7 aromatic carbocycles. The molecular weight excluding hydrogens is 597 g/mol. The normalized spacial score (nSPS) is 14.7. The maximum Gasteiger partial charge on any atom is 0.357 e. The molecule has 12 rings (SSSR count). The summed E-state index contributed by atoms with van der Waals surface area (Å²) in [5.41, 5.74) is 17.1. The molecule has 4 aliphatic rings. The quantitative estimate of drug-likeness (QED) is 0.174. The van der Waals surface area contributed by atoms with Crippen molar-refractivity contribution in [2.24, 2.45) is 0 Å². The van der Waals surface area contributed by atoms with Crippen LogP contribution in [0.4, 0.5) is 17.1 Å². The van der Waals surface area contributed by atoms with E-state index in [1.165, 1.54) is 50.2 Å². The van der Waals surface area contributed by atoms with E-state index in [0.29, 0.717) is 0 Å². The highest BCUT2D eigenvalue weighted by Gasteiger charge is 2.55. The molecule has 0 fully saturated rings.